The molecule has 0 aliphatic heterocycles. The average molecular weight is 535 g/mol. The molecule has 198 valence electrons. The predicted molar refractivity (Wildman–Crippen MR) is 148 cm³/mol. The SMILES string of the molecule is O=C(Nc1cncc(-c2ccc3[nH]nc(-c4nc5c(-c6cc(O)cc(F)c6)nccc5[nH]4)c3n2)c1)C1CCCC1. The first-order chi connectivity index (χ1) is 19.5. The smallest absolute Gasteiger partial charge is 0.227 e. The molecule has 0 unspecified atom stereocenters. The Morgan fingerprint density at radius 1 is 0.950 bits per heavy atom. The zero-order chi connectivity index (χ0) is 27.2. The number of amides is 1. The number of hydrogen-bond donors (Lipinski definition) is 4. The minimum absolute atomic E-state index is 0.0316. The number of carbonyl (C=O) groups excluding carboxylic acids is 1. The number of aromatic nitrogens is 7. The number of halogens is 1. The lowest BCUT2D eigenvalue weighted by Crippen LogP contribution is -2.20. The van der Waals surface area contributed by atoms with Gasteiger partial charge < -0.3 is 15.4 Å². The highest BCUT2D eigenvalue weighted by molar-refractivity contribution is 5.96. The number of phenols is 1. The van der Waals surface area contributed by atoms with Gasteiger partial charge in [0.1, 0.15) is 22.6 Å². The summed E-state index contributed by atoms with van der Waals surface area (Å²) in [6.07, 6.45) is 8.94. The molecule has 4 N–H and O–H groups in total. The molecule has 1 saturated carbocycles. The molecule has 0 spiro atoms. The maximum Gasteiger partial charge on any atom is 0.227 e. The summed E-state index contributed by atoms with van der Waals surface area (Å²) in [6.45, 7) is 0. The number of fused-ring (bicyclic) bond motifs is 2. The quantitative estimate of drug-likeness (QED) is 0.225. The average Bonchev–Trinajstić information content (AvgIpc) is 3.71. The van der Waals surface area contributed by atoms with Gasteiger partial charge in [-0.25, -0.2) is 14.4 Å². The van der Waals surface area contributed by atoms with Crippen molar-refractivity contribution < 1.29 is 14.3 Å². The van der Waals surface area contributed by atoms with E-state index in [1.54, 1.807) is 24.7 Å². The van der Waals surface area contributed by atoms with Crippen LogP contribution in [0.15, 0.2) is 61.1 Å². The zero-order valence-corrected chi connectivity index (χ0v) is 21.1. The minimum Gasteiger partial charge on any atom is -0.508 e. The number of H-pyrrole nitrogens is 2. The summed E-state index contributed by atoms with van der Waals surface area (Å²) in [7, 11) is 0. The van der Waals surface area contributed by atoms with Crippen molar-refractivity contribution in [3.05, 3.63) is 66.9 Å². The lowest BCUT2D eigenvalue weighted by atomic mass is 10.1. The normalized spacial score (nSPS) is 13.8. The highest BCUT2D eigenvalue weighted by atomic mass is 19.1. The highest BCUT2D eigenvalue weighted by Gasteiger charge is 2.23. The second kappa shape index (κ2) is 9.53. The van der Waals surface area contributed by atoms with E-state index in [2.05, 4.69) is 30.5 Å². The number of aromatic amines is 2. The Labute approximate surface area is 226 Å². The number of rotatable bonds is 5. The summed E-state index contributed by atoms with van der Waals surface area (Å²) >= 11 is 0. The van der Waals surface area contributed by atoms with Gasteiger partial charge in [-0.15, -0.1) is 0 Å². The molecule has 5 aromatic heterocycles. The summed E-state index contributed by atoms with van der Waals surface area (Å²) in [5.74, 6) is -0.231. The topological polar surface area (TPSA) is 145 Å². The van der Waals surface area contributed by atoms with Crippen molar-refractivity contribution in [2.24, 2.45) is 5.92 Å². The lowest BCUT2D eigenvalue weighted by molar-refractivity contribution is -0.119. The Morgan fingerprint density at radius 3 is 2.65 bits per heavy atom. The van der Waals surface area contributed by atoms with Crippen LogP contribution in [0.4, 0.5) is 10.1 Å². The fourth-order valence-corrected chi connectivity index (χ4v) is 5.28. The molecule has 7 rings (SSSR count). The Hall–Kier alpha value is -5.19. The number of carbonyl (C=O) groups is 1. The van der Waals surface area contributed by atoms with Crippen molar-refractivity contribution in [3.8, 4) is 39.8 Å². The van der Waals surface area contributed by atoms with Crippen molar-refractivity contribution >= 4 is 33.7 Å². The van der Waals surface area contributed by atoms with Gasteiger partial charge in [0.15, 0.2) is 11.5 Å². The van der Waals surface area contributed by atoms with Gasteiger partial charge >= 0.3 is 0 Å². The lowest BCUT2D eigenvalue weighted by Gasteiger charge is -2.11. The van der Waals surface area contributed by atoms with Crippen molar-refractivity contribution in [2.75, 3.05) is 5.32 Å². The first kappa shape index (κ1) is 23.9. The summed E-state index contributed by atoms with van der Waals surface area (Å²) in [4.78, 5) is 34.1. The molecule has 1 amide bonds. The fourth-order valence-electron chi connectivity index (χ4n) is 5.28. The van der Waals surface area contributed by atoms with Crippen LogP contribution in [0.5, 0.6) is 5.75 Å². The van der Waals surface area contributed by atoms with E-state index in [-0.39, 0.29) is 17.6 Å². The van der Waals surface area contributed by atoms with Crippen LogP contribution in [0, 0.1) is 11.7 Å². The van der Waals surface area contributed by atoms with Crippen LogP contribution in [0.2, 0.25) is 0 Å². The summed E-state index contributed by atoms with van der Waals surface area (Å²) in [6, 6.07) is 11.1. The third kappa shape index (κ3) is 4.31. The Balaban J connectivity index is 1.25. The van der Waals surface area contributed by atoms with Crippen LogP contribution in [0.3, 0.4) is 0 Å². The number of hydrogen-bond acceptors (Lipinski definition) is 7. The van der Waals surface area contributed by atoms with Crippen LogP contribution < -0.4 is 5.32 Å². The number of aromatic hydroxyl groups is 1. The Bertz CT molecular complexity index is 1890. The highest BCUT2D eigenvalue weighted by Crippen LogP contribution is 2.32. The van der Waals surface area contributed by atoms with Gasteiger partial charge in [-0.05, 0) is 49.2 Å². The summed E-state index contributed by atoms with van der Waals surface area (Å²) in [5, 5.41) is 20.3. The van der Waals surface area contributed by atoms with Gasteiger partial charge in [0.25, 0.3) is 0 Å². The third-order valence-electron chi connectivity index (χ3n) is 7.22. The minimum atomic E-state index is -0.573. The van der Waals surface area contributed by atoms with E-state index in [9.17, 15) is 14.3 Å². The fraction of sp³-hybridized carbons (Fsp3) is 0.172. The molecule has 0 bridgehead atoms. The Kier molecular flexibility index (Phi) is 5.69. The number of pyridine rings is 3. The van der Waals surface area contributed by atoms with Gasteiger partial charge in [-0.2, -0.15) is 5.10 Å². The molecule has 1 fully saturated rings. The third-order valence-corrected chi connectivity index (χ3v) is 7.22. The number of anilines is 1. The first-order valence-corrected chi connectivity index (χ1v) is 13.0. The number of imidazole rings is 1. The zero-order valence-electron chi connectivity index (χ0n) is 21.1. The molecule has 11 heteroatoms. The van der Waals surface area contributed by atoms with E-state index < -0.39 is 5.82 Å². The number of nitrogens with one attached hydrogen (secondary N) is 3. The number of benzene rings is 1. The molecule has 1 aliphatic rings. The predicted octanol–water partition coefficient (Wildman–Crippen LogP) is 5.60. The maximum atomic E-state index is 14.0. The van der Waals surface area contributed by atoms with Crippen molar-refractivity contribution in [2.45, 2.75) is 25.7 Å². The van der Waals surface area contributed by atoms with Crippen molar-refractivity contribution in [3.63, 3.8) is 0 Å². The second-order valence-corrected chi connectivity index (χ2v) is 9.94. The summed E-state index contributed by atoms with van der Waals surface area (Å²) in [5.41, 5.74) is 5.85. The van der Waals surface area contributed by atoms with Crippen molar-refractivity contribution in [1.82, 2.24) is 35.1 Å². The van der Waals surface area contributed by atoms with Gasteiger partial charge in [0.05, 0.1) is 34.3 Å². The number of phenolic OH excluding ortho intramolecular Hbond substituents is 1. The number of nitrogens with zero attached hydrogens (tertiary/aromatic N) is 5. The van der Waals surface area contributed by atoms with E-state index in [0.29, 0.717) is 56.2 Å². The Morgan fingerprint density at radius 2 is 1.80 bits per heavy atom. The van der Waals surface area contributed by atoms with E-state index in [1.807, 2.05) is 18.2 Å². The van der Waals surface area contributed by atoms with Crippen molar-refractivity contribution in [1.29, 1.82) is 0 Å². The molecule has 1 aromatic carbocycles. The molecule has 10 nitrogen and oxygen atoms in total. The molecule has 1 aliphatic carbocycles. The van der Waals surface area contributed by atoms with Gasteiger partial charge in [-0.1, -0.05) is 12.8 Å². The van der Waals surface area contributed by atoms with Gasteiger partial charge in [0, 0.05) is 35.5 Å². The molecule has 0 radical (unpaired) electrons. The van der Waals surface area contributed by atoms with Crippen LogP contribution in [0.1, 0.15) is 25.7 Å². The molecular formula is C29H23FN8O2. The monoisotopic (exact) mass is 534 g/mol. The first-order valence-electron chi connectivity index (χ1n) is 13.0. The molecule has 5 heterocycles. The van der Waals surface area contributed by atoms with Crippen LogP contribution >= 0.6 is 0 Å². The molecule has 0 saturated heterocycles. The van der Waals surface area contributed by atoms with E-state index >= 15 is 0 Å². The van der Waals surface area contributed by atoms with Gasteiger partial charge in [0.2, 0.25) is 5.91 Å². The van der Waals surface area contributed by atoms with E-state index in [1.165, 1.54) is 12.1 Å². The summed E-state index contributed by atoms with van der Waals surface area (Å²) < 4.78 is 14.0. The van der Waals surface area contributed by atoms with Gasteiger partial charge in [-0.3, -0.25) is 19.9 Å². The molecule has 40 heavy (non-hydrogen) atoms. The molecule has 6 aromatic rings. The van der Waals surface area contributed by atoms with Crippen LogP contribution in [-0.4, -0.2) is 46.1 Å². The standard InChI is InChI=1S/C29H23FN8O2/c30-18-9-16(11-20(39)12-18)24-25-22(7-8-32-24)35-28(36-25)27-26-23(37-38-27)6-5-21(34-26)17-10-19(14-31-13-17)33-29(40)15-3-1-2-4-15/h5-15,39H,1-4H2,(H,33,40)(H,35,36)(H,37,38). The second-order valence-electron chi connectivity index (χ2n) is 9.94. The largest absolute Gasteiger partial charge is 0.508 e. The van der Waals surface area contributed by atoms with E-state index in [4.69, 9.17) is 9.97 Å². The van der Waals surface area contributed by atoms with Crippen LogP contribution in [-0.2, 0) is 4.79 Å². The van der Waals surface area contributed by atoms with E-state index in [0.717, 1.165) is 37.3 Å². The maximum absolute atomic E-state index is 14.0. The molecule has 0 atom stereocenters. The molecular weight excluding hydrogens is 511 g/mol. The van der Waals surface area contributed by atoms with Crippen LogP contribution in [0.25, 0.3) is 56.1 Å².